The molecule has 1 aromatic rings. The molecular formula is C11H11NO4. The molecule has 0 aliphatic carbocycles. The molecule has 5 nitrogen and oxygen atoms in total. The predicted molar refractivity (Wildman–Crippen MR) is 55.2 cm³/mol. The van der Waals surface area contributed by atoms with E-state index in [0.717, 1.165) is 16.7 Å². The van der Waals surface area contributed by atoms with Crippen LogP contribution in [0.25, 0.3) is 0 Å². The molecule has 2 rings (SSSR count). The van der Waals surface area contributed by atoms with Crippen molar-refractivity contribution in [2.24, 2.45) is 0 Å². The highest BCUT2D eigenvalue weighted by molar-refractivity contribution is 5.93. The Morgan fingerprint density at radius 3 is 3.00 bits per heavy atom. The summed E-state index contributed by atoms with van der Waals surface area (Å²) in [4.78, 5) is 21.6. The molecule has 2 N–H and O–H groups in total. The highest BCUT2D eigenvalue weighted by Crippen LogP contribution is 2.25. The van der Waals surface area contributed by atoms with Crippen LogP contribution in [-0.4, -0.2) is 17.2 Å². The minimum absolute atomic E-state index is 0.239. The smallest absolute Gasteiger partial charge is 0.404 e. The second kappa shape index (κ2) is 3.84. The first-order valence-electron chi connectivity index (χ1n) is 4.85. The molecule has 5 heteroatoms. The van der Waals surface area contributed by atoms with Gasteiger partial charge in [0, 0.05) is 12.1 Å². The van der Waals surface area contributed by atoms with Gasteiger partial charge in [-0.15, -0.1) is 0 Å². The number of carbonyl (C=O) groups is 2. The molecule has 0 unspecified atom stereocenters. The summed E-state index contributed by atoms with van der Waals surface area (Å²) in [6, 6.07) is 3.42. The lowest BCUT2D eigenvalue weighted by Gasteiger charge is -2.08. The minimum atomic E-state index is -1.06. The third kappa shape index (κ3) is 1.71. The first-order chi connectivity index (χ1) is 7.59. The zero-order valence-corrected chi connectivity index (χ0v) is 8.74. The topological polar surface area (TPSA) is 75.6 Å². The van der Waals surface area contributed by atoms with Gasteiger partial charge in [0.25, 0.3) is 0 Å². The lowest BCUT2D eigenvalue weighted by molar-refractivity contribution is 0.0535. The Labute approximate surface area is 92.0 Å². The Balaban J connectivity index is 2.29. The molecule has 0 spiro atoms. The number of hydrogen-bond acceptors (Lipinski definition) is 3. The normalized spacial score (nSPS) is 13.2. The molecule has 1 heterocycles. The van der Waals surface area contributed by atoms with E-state index in [4.69, 9.17) is 9.84 Å². The van der Waals surface area contributed by atoms with Crippen LogP contribution in [0.5, 0.6) is 0 Å². The molecule has 0 atom stereocenters. The van der Waals surface area contributed by atoms with Gasteiger partial charge in [-0.1, -0.05) is 6.07 Å². The van der Waals surface area contributed by atoms with Crippen LogP contribution in [-0.2, 0) is 17.9 Å². The molecule has 84 valence electrons. The van der Waals surface area contributed by atoms with E-state index >= 15 is 0 Å². The molecule has 0 saturated carbocycles. The van der Waals surface area contributed by atoms with Crippen LogP contribution in [0.15, 0.2) is 12.1 Å². The van der Waals surface area contributed by atoms with Crippen LogP contribution in [0.4, 0.5) is 4.79 Å². The lowest BCUT2D eigenvalue weighted by Crippen LogP contribution is -2.20. The number of ether oxygens (including phenoxy) is 1. The molecular weight excluding hydrogens is 210 g/mol. The van der Waals surface area contributed by atoms with Crippen LogP contribution in [0, 0.1) is 6.92 Å². The Morgan fingerprint density at radius 2 is 2.31 bits per heavy atom. The zero-order chi connectivity index (χ0) is 11.7. The molecule has 1 aliphatic rings. The summed E-state index contributed by atoms with van der Waals surface area (Å²) in [5.41, 5.74) is 3.21. The summed E-state index contributed by atoms with van der Waals surface area (Å²) in [5.74, 6) is -0.309. The van der Waals surface area contributed by atoms with Crippen molar-refractivity contribution in [1.82, 2.24) is 5.32 Å². The maximum atomic E-state index is 11.3. The van der Waals surface area contributed by atoms with E-state index in [-0.39, 0.29) is 19.1 Å². The molecule has 0 fully saturated rings. The second-order valence-corrected chi connectivity index (χ2v) is 3.61. The number of nitrogens with one attached hydrogen (secondary N) is 1. The summed E-state index contributed by atoms with van der Waals surface area (Å²) < 4.78 is 4.91. The van der Waals surface area contributed by atoms with Crippen molar-refractivity contribution in [2.75, 3.05) is 0 Å². The summed E-state index contributed by atoms with van der Waals surface area (Å²) >= 11 is 0. The summed E-state index contributed by atoms with van der Waals surface area (Å²) in [6.45, 7) is 2.38. The maximum Gasteiger partial charge on any atom is 0.404 e. The predicted octanol–water partition coefficient (Wildman–Crippen LogP) is 1.43. The number of benzene rings is 1. The van der Waals surface area contributed by atoms with Gasteiger partial charge >= 0.3 is 12.1 Å². The SMILES string of the molecule is Cc1c(CNC(=O)O)ccc2c1COC2=O. The van der Waals surface area contributed by atoms with Gasteiger partial charge in [0.1, 0.15) is 6.61 Å². The van der Waals surface area contributed by atoms with Crippen molar-refractivity contribution >= 4 is 12.1 Å². The van der Waals surface area contributed by atoms with E-state index in [2.05, 4.69) is 5.32 Å². The van der Waals surface area contributed by atoms with Gasteiger partial charge in [0.05, 0.1) is 5.56 Å². The minimum Gasteiger partial charge on any atom is -0.465 e. The third-order valence-corrected chi connectivity index (χ3v) is 2.71. The van der Waals surface area contributed by atoms with Crippen molar-refractivity contribution < 1.29 is 19.4 Å². The van der Waals surface area contributed by atoms with Crippen molar-refractivity contribution in [3.63, 3.8) is 0 Å². The van der Waals surface area contributed by atoms with E-state index in [0.29, 0.717) is 5.56 Å². The molecule has 0 radical (unpaired) electrons. The monoisotopic (exact) mass is 221 g/mol. The van der Waals surface area contributed by atoms with Crippen LogP contribution in [0.1, 0.15) is 27.0 Å². The van der Waals surface area contributed by atoms with E-state index in [1.165, 1.54) is 0 Å². The van der Waals surface area contributed by atoms with Gasteiger partial charge < -0.3 is 15.2 Å². The van der Waals surface area contributed by atoms with Crippen LogP contribution >= 0.6 is 0 Å². The number of fused-ring (bicyclic) bond motifs is 1. The Hall–Kier alpha value is -2.04. The highest BCUT2D eigenvalue weighted by Gasteiger charge is 2.23. The standard InChI is InChI=1S/C11H11NO4/c1-6-7(4-12-11(14)15)2-3-8-9(6)5-16-10(8)13/h2-3,12H,4-5H2,1H3,(H,14,15). The average Bonchev–Trinajstić information content (AvgIpc) is 2.60. The average molecular weight is 221 g/mol. The second-order valence-electron chi connectivity index (χ2n) is 3.61. The van der Waals surface area contributed by atoms with Gasteiger partial charge in [0.15, 0.2) is 0 Å². The summed E-state index contributed by atoms with van der Waals surface area (Å²) in [6.07, 6.45) is -1.06. The quantitative estimate of drug-likeness (QED) is 0.741. The van der Waals surface area contributed by atoms with Gasteiger partial charge in [-0.3, -0.25) is 0 Å². The number of esters is 1. The summed E-state index contributed by atoms with van der Waals surface area (Å²) in [7, 11) is 0. The number of hydrogen-bond donors (Lipinski definition) is 2. The van der Waals surface area contributed by atoms with Crippen LogP contribution in [0.3, 0.4) is 0 Å². The Kier molecular flexibility index (Phi) is 2.52. The molecule has 1 aromatic carbocycles. The first-order valence-corrected chi connectivity index (χ1v) is 4.85. The van der Waals surface area contributed by atoms with Crippen molar-refractivity contribution in [2.45, 2.75) is 20.1 Å². The van der Waals surface area contributed by atoms with Crippen molar-refractivity contribution in [1.29, 1.82) is 0 Å². The van der Waals surface area contributed by atoms with Crippen molar-refractivity contribution in [3.8, 4) is 0 Å². The number of carbonyl (C=O) groups excluding carboxylic acids is 1. The van der Waals surface area contributed by atoms with Gasteiger partial charge in [-0.25, -0.2) is 9.59 Å². The van der Waals surface area contributed by atoms with E-state index < -0.39 is 6.09 Å². The van der Waals surface area contributed by atoms with Crippen LogP contribution in [0.2, 0.25) is 0 Å². The molecule has 0 aromatic heterocycles. The van der Waals surface area contributed by atoms with E-state index in [1.54, 1.807) is 12.1 Å². The third-order valence-electron chi connectivity index (χ3n) is 2.71. The molecule has 1 aliphatic heterocycles. The lowest BCUT2D eigenvalue weighted by atomic mass is 9.99. The molecule has 0 saturated heterocycles. The van der Waals surface area contributed by atoms with Gasteiger partial charge in [-0.2, -0.15) is 0 Å². The number of cyclic esters (lactones) is 1. The number of amides is 1. The molecule has 1 amide bonds. The van der Waals surface area contributed by atoms with Gasteiger partial charge in [-0.05, 0) is 24.1 Å². The fourth-order valence-corrected chi connectivity index (χ4v) is 1.76. The van der Waals surface area contributed by atoms with Crippen LogP contribution < -0.4 is 5.32 Å². The molecule has 0 bridgehead atoms. The first kappa shape index (κ1) is 10.5. The number of rotatable bonds is 2. The Bertz CT molecular complexity index is 467. The molecule has 16 heavy (non-hydrogen) atoms. The van der Waals surface area contributed by atoms with Crippen molar-refractivity contribution in [3.05, 3.63) is 34.4 Å². The highest BCUT2D eigenvalue weighted by atomic mass is 16.5. The largest absolute Gasteiger partial charge is 0.465 e. The van der Waals surface area contributed by atoms with E-state index in [9.17, 15) is 9.59 Å². The Morgan fingerprint density at radius 1 is 1.56 bits per heavy atom. The maximum absolute atomic E-state index is 11.3. The summed E-state index contributed by atoms with van der Waals surface area (Å²) in [5, 5.41) is 10.8. The fraction of sp³-hybridized carbons (Fsp3) is 0.273. The van der Waals surface area contributed by atoms with E-state index in [1.807, 2.05) is 6.92 Å². The van der Waals surface area contributed by atoms with Gasteiger partial charge in [0.2, 0.25) is 0 Å². The number of carboxylic acid groups (broad SMARTS) is 1. The fourth-order valence-electron chi connectivity index (χ4n) is 1.76. The zero-order valence-electron chi connectivity index (χ0n) is 8.74.